The van der Waals surface area contributed by atoms with Crippen LogP contribution in [0.15, 0.2) is 36.4 Å². The van der Waals surface area contributed by atoms with Crippen LogP contribution >= 0.6 is 0 Å². The molecule has 5 fully saturated rings. The number of halogens is 5. The highest BCUT2D eigenvalue weighted by Gasteiger charge is 2.54. The Bertz CT molecular complexity index is 2180. The van der Waals surface area contributed by atoms with E-state index in [1.54, 1.807) is 23.1 Å². The van der Waals surface area contributed by atoms with E-state index in [0.717, 1.165) is 56.7 Å². The number of carbonyl (C=O) groups is 1. The molecule has 1 N–H and O–H groups in total. The molecule has 1 aliphatic carbocycles. The number of phenolic OH excluding ortho intramolecular Hbond substituents is 1. The molecule has 2 atom stereocenters. The number of benzene rings is 3. The summed E-state index contributed by atoms with van der Waals surface area (Å²) in [5, 5.41) is 11.4. The van der Waals surface area contributed by atoms with Gasteiger partial charge >= 0.3 is 18.1 Å². The van der Waals surface area contributed by atoms with E-state index in [4.69, 9.17) is 15.9 Å². The third kappa shape index (κ3) is 5.39. The number of fused-ring (bicyclic) bond motifs is 4. The van der Waals surface area contributed by atoms with Crippen molar-refractivity contribution in [3.63, 3.8) is 0 Å². The number of likely N-dealkylation sites (tertiary alicyclic amines) is 1. The number of aromatic nitrogens is 2. The van der Waals surface area contributed by atoms with E-state index in [1.165, 1.54) is 12.1 Å². The van der Waals surface area contributed by atoms with Crippen molar-refractivity contribution in [2.24, 2.45) is 10.8 Å². The van der Waals surface area contributed by atoms with Gasteiger partial charge in [0.15, 0.2) is 5.82 Å². The van der Waals surface area contributed by atoms with Crippen molar-refractivity contribution in [2.45, 2.75) is 43.9 Å². The first-order valence-electron chi connectivity index (χ1n) is 17.4. The van der Waals surface area contributed by atoms with E-state index in [9.17, 15) is 23.1 Å². The molecule has 1 spiro atoms. The predicted molar refractivity (Wildman–Crippen MR) is 181 cm³/mol. The smallest absolute Gasteiger partial charge is 0.471 e. The fraction of sp³-hybridized carbons (Fsp3) is 0.447. The van der Waals surface area contributed by atoms with Crippen LogP contribution in [0.3, 0.4) is 0 Å². The monoisotopic (exact) mass is 719 g/mol. The number of piperazine rings is 1. The van der Waals surface area contributed by atoms with Crippen molar-refractivity contribution in [3.05, 3.63) is 53.6 Å². The number of nitrogens with zero attached hydrogens (tertiary/aromatic N) is 5. The summed E-state index contributed by atoms with van der Waals surface area (Å²) in [6.45, 7) is 4.50. The average Bonchev–Trinajstić information content (AvgIpc) is 3.79. The third-order valence-electron chi connectivity index (χ3n) is 11.4. The van der Waals surface area contributed by atoms with Gasteiger partial charge in [-0.15, -0.1) is 6.42 Å². The fourth-order valence-electron chi connectivity index (χ4n) is 8.80. The van der Waals surface area contributed by atoms with Gasteiger partial charge in [0.1, 0.15) is 22.9 Å². The molecule has 9 nitrogen and oxygen atoms in total. The van der Waals surface area contributed by atoms with Crippen molar-refractivity contribution >= 4 is 33.4 Å². The molecular formula is C38H34F5N5O4. The standard InChI is InChI=1S/C38H34F5N5O4/c1-2-21-4-3-5-22-10-25(49)11-26(29(21)22)30-28(39)12-27-32(31(30)40)44-35(52-20-36(8-9-36)15-46-16-37(17-46)18-51-19-37)45-33(27)47-13-23-6-7-24(14-47)48(23)34(50)38(41,42)43/h1,3-5,10-12,23-24,49H,6-9,13-20H2. The minimum atomic E-state index is -5.02. The molecule has 4 aromatic rings. The number of aromatic hydroxyl groups is 1. The number of carbonyl (C=O) groups excluding carboxylic acids is 1. The zero-order valence-corrected chi connectivity index (χ0v) is 28.0. The first kappa shape index (κ1) is 33.1. The number of hydrogen-bond donors (Lipinski definition) is 1. The maximum absolute atomic E-state index is 17.0. The van der Waals surface area contributed by atoms with Crippen LogP contribution in [0.4, 0.5) is 27.8 Å². The molecular weight excluding hydrogens is 685 g/mol. The normalized spacial score (nSPS) is 23.1. The number of alkyl halides is 3. The van der Waals surface area contributed by atoms with Crippen LogP contribution in [0.2, 0.25) is 0 Å². The molecule has 1 saturated carbocycles. The number of anilines is 1. The highest BCUT2D eigenvalue weighted by molar-refractivity contribution is 6.04. The summed E-state index contributed by atoms with van der Waals surface area (Å²) >= 11 is 0. The number of ether oxygens (including phenoxy) is 2. The molecule has 5 aliphatic rings. The molecule has 2 unspecified atom stereocenters. The Morgan fingerprint density at radius 3 is 2.44 bits per heavy atom. The zero-order valence-electron chi connectivity index (χ0n) is 28.0. The molecule has 0 radical (unpaired) electrons. The van der Waals surface area contributed by atoms with Crippen LogP contribution in [-0.4, -0.2) is 102 Å². The Kier molecular flexibility index (Phi) is 7.41. The molecule has 1 amide bonds. The molecule has 270 valence electrons. The van der Waals surface area contributed by atoms with Crippen LogP contribution < -0.4 is 9.64 Å². The molecule has 2 bridgehead atoms. The van der Waals surface area contributed by atoms with Crippen molar-refractivity contribution in [1.29, 1.82) is 0 Å². The molecule has 14 heteroatoms. The van der Waals surface area contributed by atoms with Gasteiger partial charge in [-0.25, -0.2) is 8.78 Å². The minimum Gasteiger partial charge on any atom is -0.508 e. The van der Waals surface area contributed by atoms with Crippen LogP contribution in [-0.2, 0) is 9.53 Å². The van der Waals surface area contributed by atoms with Gasteiger partial charge in [-0.05, 0) is 55.3 Å². The summed E-state index contributed by atoms with van der Waals surface area (Å²) in [7, 11) is 0. The lowest BCUT2D eigenvalue weighted by atomic mass is 9.77. The summed E-state index contributed by atoms with van der Waals surface area (Å²) < 4.78 is 85.5. The Hall–Kier alpha value is -4.74. The van der Waals surface area contributed by atoms with Crippen molar-refractivity contribution in [1.82, 2.24) is 19.8 Å². The van der Waals surface area contributed by atoms with Crippen LogP contribution in [0.1, 0.15) is 31.2 Å². The topological polar surface area (TPSA) is 91.3 Å². The van der Waals surface area contributed by atoms with Gasteiger partial charge in [0.05, 0.1) is 37.5 Å². The van der Waals surface area contributed by atoms with E-state index in [1.807, 2.05) is 0 Å². The van der Waals surface area contributed by atoms with Gasteiger partial charge in [-0.1, -0.05) is 18.1 Å². The van der Waals surface area contributed by atoms with Gasteiger partial charge in [-0.3, -0.25) is 4.79 Å². The first-order valence-corrected chi connectivity index (χ1v) is 17.4. The average molecular weight is 720 g/mol. The first-order chi connectivity index (χ1) is 24.9. The zero-order chi connectivity index (χ0) is 36.2. The molecule has 52 heavy (non-hydrogen) atoms. The number of rotatable bonds is 7. The Balaban J connectivity index is 1.12. The number of terminal acetylenes is 1. The largest absolute Gasteiger partial charge is 0.508 e. The SMILES string of the molecule is C#Cc1cccc2cc(O)cc(-c3c(F)cc4c(N5CC6CCC(C5)N6C(=O)C(F)(F)F)nc(OCC5(CN6CC7(COC7)C6)CC5)nc4c3F)c12. The van der Waals surface area contributed by atoms with Crippen molar-refractivity contribution < 1.29 is 41.3 Å². The third-order valence-corrected chi connectivity index (χ3v) is 11.4. The van der Waals surface area contributed by atoms with Gasteiger partial charge in [-0.2, -0.15) is 23.1 Å². The number of phenols is 1. The van der Waals surface area contributed by atoms with Crippen molar-refractivity contribution in [2.75, 3.05) is 57.4 Å². The number of amides is 1. The van der Waals surface area contributed by atoms with Gasteiger partial charge in [0, 0.05) is 65.5 Å². The maximum Gasteiger partial charge on any atom is 0.471 e. The van der Waals surface area contributed by atoms with Gasteiger partial charge in [0.25, 0.3) is 0 Å². The summed E-state index contributed by atoms with van der Waals surface area (Å²) in [5.74, 6) is -1.47. The molecule has 1 aromatic heterocycles. The molecule has 3 aromatic carbocycles. The van der Waals surface area contributed by atoms with Gasteiger partial charge in [0.2, 0.25) is 0 Å². The maximum atomic E-state index is 17.0. The lowest BCUT2D eigenvalue weighted by molar-refractivity contribution is -0.192. The molecule has 4 saturated heterocycles. The van der Waals surface area contributed by atoms with E-state index in [0.29, 0.717) is 29.2 Å². The Morgan fingerprint density at radius 1 is 1.08 bits per heavy atom. The molecule has 5 heterocycles. The highest BCUT2D eigenvalue weighted by Crippen LogP contribution is 2.50. The highest BCUT2D eigenvalue weighted by atomic mass is 19.4. The summed E-state index contributed by atoms with van der Waals surface area (Å²) in [5.41, 5.74) is -0.195. The van der Waals surface area contributed by atoms with Crippen LogP contribution in [0.25, 0.3) is 32.8 Å². The van der Waals surface area contributed by atoms with Gasteiger partial charge < -0.3 is 29.3 Å². The van der Waals surface area contributed by atoms with E-state index < -0.39 is 41.4 Å². The van der Waals surface area contributed by atoms with Crippen LogP contribution in [0, 0.1) is 34.8 Å². The molecule has 4 aliphatic heterocycles. The second-order valence-electron chi connectivity index (χ2n) is 15.2. The van der Waals surface area contributed by atoms with Crippen molar-refractivity contribution in [3.8, 4) is 35.2 Å². The van der Waals surface area contributed by atoms with E-state index in [-0.39, 0.29) is 64.6 Å². The lowest BCUT2D eigenvalue weighted by Gasteiger charge is -2.55. The minimum absolute atomic E-state index is 0.00235. The second-order valence-corrected chi connectivity index (χ2v) is 15.2. The van der Waals surface area contributed by atoms with E-state index in [2.05, 4.69) is 20.8 Å². The quantitative estimate of drug-likeness (QED) is 0.194. The summed E-state index contributed by atoms with van der Waals surface area (Å²) in [4.78, 5) is 26.4. The molecule has 9 rings (SSSR count). The Morgan fingerprint density at radius 2 is 1.81 bits per heavy atom. The van der Waals surface area contributed by atoms with E-state index >= 15 is 8.78 Å². The number of hydrogen-bond acceptors (Lipinski definition) is 8. The predicted octanol–water partition coefficient (Wildman–Crippen LogP) is 5.65. The summed E-state index contributed by atoms with van der Waals surface area (Å²) in [6, 6.07) is 7.10. The summed E-state index contributed by atoms with van der Waals surface area (Å²) in [6.07, 6.45) is 3.29. The second kappa shape index (κ2) is 11.6. The van der Waals surface area contributed by atoms with Crippen LogP contribution in [0.5, 0.6) is 11.8 Å². The Labute approximate surface area is 295 Å². The fourth-order valence-corrected chi connectivity index (χ4v) is 8.80. The lowest BCUT2D eigenvalue weighted by Crippen LogP contribution is -2.66.